The van der Waals surface area contributed by atoms with Gasteiger partial charge < -0.3 is 15.2 Å². The first kappa shape index (κ1) is 23.8. The summed E-state index contributed by atoms with van der Waals surface area (Å²) in [7, 11) is 0. The molecule has 0 radical (unpaired) electrons. The van der Waals surface area contributed by atoms with Crippen LogP contribution in [0.25, 0.3) is 0 Å². The summed E-state index contributed by atoms with van der Waals surface area (Å²) in [6.45, 7) is 8.89. The van der Waals surface area contributed by atoms with Crippen LogP contribution in [-0.4, -0.2) is 59.3 Å². The SMILES string of the molecule is Cc1cc(C)c(C(=O)N2CCC[C@H](C(=O)NCC3CCN(Cc4ccc(Cl)cc4)CC3)C2)[nH]1. The number of benzene rings is 1. The summed E-state index contributed by atoms with van der Waals surface area (Å²) < 4.78 is 0. The fourth-order valence-corrected chi connectivity index (χ4v) is 5.20. The van der Waals surface area contributed by atoms with Gasteiger partial charge in [-0.05, 0) is 87.9 Å². The molecule has 1 aromatic carbocycles. The number of aromatic amines is 1. The van der Waals surface area contributed by atoms with E-state index in [9.17, 15) is 9.59 Å². The van der Waals surface area contributed by atoms with E-state index in [0.717, 1.165) is 68.1 Å². The van der Waals surface area contributed by atoms with E-state index in [0.29, 0.717) is 24.7 Å². The normalized spacial score (nSPS) is 20.1. The molecule has 2 aromatic rings. The van der Waals surface area contributed by atoms with E-state index >= 15 is 0 Å². The van der Waals surface area contributed by atoms with Crippen molar-refractivity contribution in [2.24, 2.45) is 11.8 Å². The number of H-pyrrole nitrogens is 1. The monoisotopic (exact) mass is 470 g/mol. The molecule has 0 saturated carbocycles. The van der Waals surface area contributed by atoms with Gasteiger partial charge in [0, 0.05) is 36.9 Å². The topological polar surface area (TPSA) is 68.4 Å². The predicted molar refractivity (Wildman–Crippen MR) is 131 cm³/mol. The molecule has 0 unspecified atom stereocenters. The zero-order valence-electron chi connectivity index (χ0n) is 19.7. The highest BCUT2D eigenvalue weighted by molar-refractivity contribution is 6.30. The predicted octanol–water partition coefficient (Wildman–Crippen LogP) is 4.17. The molecule has 2 amide bonds. The Morgan fingerprint density at radius 2 is 1.82 bits per heavy atom. The fourth-order valence-electron chi connectivity index (χ4n) is 5.07. The first-order valence-electron chi connectivity index (χ1n) is 12.1. The number of nitrogens with one attached hydrogen (secondary N) is 2. The number of aryl methyl sites for hydroxylation is 2. The lowest BCUT2D eigenvalue weighted by molar-refractivity contribution is -0.126. The molecule has 1 aromatic heterocycles. The van der Waals surface area contributed by atoms with Crippen molar-refractivity contribution in [3.05, 3.63) is 57.9 Å². The van der Waals surface area contributed by atoms with Gasteiger partial charge in [0.05, 0.1) is 5.92 Å². The Balaban J connectivity index is 1.21. The molecule has 2 aliphatic rings. The van der Waals surface area contributed by atoms with Gasteiger partial charge in [0.15, 0.2) is 0 Å². The van der Waals surface area contributed by atoms with Crippen LogP contribution in [0, 0.1) is 25.7 Å². The number of hydrogen-bond acceptors (Lipinski definition) is 3. The molecule has 7 heteroatoms. The minimum Gasteiger partial charge on any atom is -0.356 e. The molecule has 178 valence electrons. The maximum Gasteiger partial charge on any atom is 0.270 e. The van der Waals surface area contributed by atoms with Crippen LogP contribution in [0.15, 0.2) is 30.3 Å². The number of amides is 2. The molecule has 2 N–H and O–H groups in total. The number of carbonyl (C=O) groups is 2. The standard InChI is InChI=1S/C26H35ClN4O2/c1-18-14-19(2)29-24(18)26(33)31-11-3-4-22(17-31)25(32)28-15-20-9-12-30(13-10-20)16-21-5-7-23(27)8-6-21/h5-8,14,20,22,29H,3-4,9-13,15-17H2,1-2H3,(H,28,32)/t22-/m0/s1. The maximum absolute atomic E-state index is 12.9. The molecule has 3 heterocycles. The largest absolute Gasteiger partial charge is 0.356 e. The van der Waals surface area contributed by atoms with Gasteiger partial charge in [-0.1, -0.05) is 23.7 Å². The number of nitrogens with zero attached hydrogens (tertiary/aromatic N) is 2. The summed E-state index contributed by atoms with van der Waals surface area (Å²) in [6.07, 6.45) is 3.90. The average molecular weight is 471 g/mol. The van der Waals surface area contributed by atoms with Gasteiger partial charge in [-0.2, -0.15) is 0 Å². The third-order valence-electron chi connectivity index (χ3n) is 7.03. The Kier molecular flexibility index (Phi) is 7.76. The molecule has 0 spiro atoms. The molecule has 0 bridgehead atoms. The third-order valence-corrected chi connectivity index (χ3v) is 7.29. The van der Waals surface area contributed by atoms with Crippen molar-refractivity contribution < 1.29 is 9.59 Å². The lowest BCUT2D eigenvalue weighted by Gasteiger charge is -2.34. The number of hydrogen-bond donors (Lipinski definition) is 2. The molecular weight excluding hydrogens is 436 g/mol. The van der Waals surface area contributed by atoms with E-state index in [1.165, 1.54) is 5.56 Å². The Morgan fingerprint density at radius 1 is 1.09 bits per heavy atom. The van der Waals surface area contributed by atoms with Gasteiger partial charge in [-0.3, -0.25) is 14.5 Å². The third kappa shape index (κ3) is 6.18. The number of carbonyl (C=O) groups excluding carboxylic acids is 2. The number of rotatable bonds is 6. The summed E-state index contributed by atoms with van der Waals surface area (Å²) in [6, 6.07) is 10.1. The van der Waals surface area contributed by atoms with Crippen LogP contribution >= 0.6 is 11.6 Å². The molecule has 4 rings (SSSR count). The number of piperidine rings is 2. The minimum absolute atomic E-state index is 0.00570. The summed E-state index contributed by atoms with van der Waals surface area (Å²) in [5.41, 5.74) is 3.89. The van der Waals surface area contributed by atoms with E-state index in [2.05, 4.69) is 27.3 Å². The highest BCUT2D eigenvalue weighted by atomic mass is 35.5. The van der Waals surface area contributed by atoms with Crippen molar-refractivity contribution in [2.45, 2.75) is 46.1 Å². The van der Waals surface area contributed by atoms with E-state index in [-0.39, 0.29) is 17.7 Å². The summed E-state index contributed by atoms with van der Waals surface area (Å²) >= 11 is 5.98. The van der Waals surface area contributed by atoms with Crippen LogP contribution in [0.5, 0.6) is 0 Å². The first-order chi connectivity index (χ1) is 15.9. The van der Waals surface area contributed by atoms with Crippen LogP contribution in [0.3, 0.4) is 0 Å². The highest BCUT2D eigenvalue weighted by Gasteiger charge is 2.30. The molecule has 33 heavy (non-hydrogen) atoms. The number of likely N-dealkylation sites (tertiary alicyclic amines) is 2. The molecule has 2 saturated heterocycles. The number of halogens is 1. The fraction of sp³-hybridized carbons (Fsp3) is 0.538. The van der Waals surface area contributed by atoms with Crippen molar-refractivity contribution in [3.63, 3.8) is 0 Å². The highest BCUT2D eigenvalue weighted by Crippen LogP contribution is 2.22. The molecule has 6 nitrogen and oxygen atoms in total. The van der Waals surface area contributed by atoms with E-state index in [4.69, 9.17) is 11.6 Å². The van der Waals surface area contributed by atoms with Gasteiger partial charge in [0.2, 0.25) is 5.91 Å². The van der Waals surface area contributed by atoms with E-state index < -0.39 is 0 Å². The van der Waals surface area contributed by atoms with Crippen molar-refractivity contribution in [2.75, 3.05) is 32.7 Å². The maximum atomic E-state index is 12.9. The zero-order chi connectivity index (χ0) is 23.4. The molecule has 1 atom stereocenters. The van der Waals surface area contributed by atoms with Crippen molar-refractivity contribution >= 4 is 23.4 Å². The van der Waals surface area contributed by atoms with Crippen LogP contribution in [0.2, 0.25) is 5.02 Å². The van der Waals surface area contributed by atoms with Crippen molar-refractivity contribution in [1.29, 1.82) is 0 Å². The van der Waals surface area contributed by atoms with Crippen LogP contribution in [-0.2, 0) is 11.3 Å². The molecule has 2 aliphatic heterocycles. The van der Waals surface area contributed by atoms with Crippen LogP contribution in [0.4, 0.5) is 0 Å². The lowest BCUT2D eigenvalue weighted by atomic mass is 9.94. The minimum atomic E-state index is -0.121. The Labute approximate surface area is 201 Å². The van der Waals surface area contributed by atoms with Gasteiger partial charge in [0.1, 0.15) is 5.69 Å². The van der Waals surface area contributed by atoms with Gasteiger partial charge in [0.25, 0.3) is 5.91 Å². The van der Waals surface area contributed by atoms with E-state index in [1.807, 2.05) is 36.9 Å². The molecule has 0 aliphatic carbocycles. The average Bonchev–Trinajstić information content (AvgIpc) is 3.17. The van der Waals surface area contributed by atoms with E-state index in [1.54, 1.807) is 0 Å². The first-order valence-corrected chi connectivity index (χ1v) is 12.5. The Bertz CT molecular complexity index is 963. The second kappa shape index (κ2) is 10.7. The Morgan fingerprint density at radius 3 is 2.48 bits per heavy atom. The smallest absolute Gasteiger partial charge is 0.270 e. The summed E-state index contributed by atoms with van der Waals surface area (Å²) in [5.74, 6) is 0.493. The summed E-state index contributed by atoms with van der Waals surface area (Å²) in [5, 5.41) is 3.96. The quantitative estimate of drug-likeness (QED) is 0.665. The van der Waals surface area contributed by atoms with Crippen LogP contribution in [0.1, 0.15) is 53.0 Å². The van der Waals surface area contributed by atoms with Crippen LogP contribution < -0.4 is 5.32 Å². The van der Waals surface area contributed by atoms with Gasteiger partial charge in [-0.25, -0.2) is 0 Å². The Hall–Kier alpha value is -2.31. The molecular formula is C26H35ClN4O2. The summed E-state index contributed by atoms with van der Waals surface area (Å²) in [4.78, 5) is 33.3. The lowest BCUT2D eigenvalue weighted by Crippen LogP contribution is -2.47. The zero-order valence-corrected chi connectivity index (χ0v) is 20.5. The van der Waals surface area contributed by atoms with Gasteiger partial charge >= 0.3 is 0 Å². The molecule has 2 fully saturated rings. The van der Waals surface area contributed by atoms with Gasteiger partial charge in [-0.15, -0.1) is 0 Å². The second-order valence-electron chi connectivity index (χ2n) is 9.69. The second-order valence-corrected chi connectivity index (χ2v) is 10.1. The number of aromatic nitrogens is 1. The van der Waals surface area contributed by atoms with Crippen molar-refractivity contribution in [1.82, 2.24) is 20.1 Å². The van der Waals surface area contributed by atoms with Crippen molar-refractivity contribution in [3.8, 4) is 0 Å².